The molecule has 0 radical (unpaired) electrons. The van der Waals surface area contributed by atoms with Crippen molar-refractivity contribution in [1.29, 1.82) is 0 Å². The van der Waals surface area contributed by atoms with Gasteiger partial charge in [0.05, 0.1) is 10.0 Å². The number of nitrogens with one attached hydrogen (secondary N) is 1. The van der Waals surface area contributed by atoms with Crippen molar-refractivity contribution in [3.63, 3.8) is 0 Å². The number of rotatable bonds is 2. The van der Waals surface area contributed by atoms with Crippen LogP contribution in [-0.2, 0) is 9.59 Å². The van der Waals surface area contributed by atoms with Crippen molar-refractivity contribution in [2.45, 2.75) is 31.1 Å². The molecule has 0 saturated carbocycles. The molecule has 128 valence electrons. The molecule has 4 rings (SSSR count). The summed E-state index contributed by atoms with van der Waals surface area (Å²) in [4.78, 5) is 26.3. The largest absolute Gasteiger partial charge is 0.329 e. The normalized spacial score (nSPS) is 23.4. The first-order valence-electron chi connectivity index (χ1n) is 8.07. The fourth-order valence-corrected chi connectivity index (χ4v) is 4.84. The minimum Gasteiger partial charge on any atom is -0.329 e. The molecule has 1 aliphatic heterocycles. The Bertz CT molecular complexity index is 889. The van der Waals surface area contributed by atoms with Crippen molar-refractivity contribution in [3.05, 3.63) is 67.5 Å². The third-order valence-corrected chi connectivity index (χ3v) is 6.60. The van der Waals surface area contributed by atoms with Gasteiger partial charge in [-0.3, -0.25) is 9.59 Å². The SMILES string of the molecule is O=C1C[C@H](c2ccc(Cl)c(Cl)c2)C2=C(C[C@H](c3cccs3)CC2=O)N1. The standard InChI is InChI=1S/C19H15Cl2NO2S/c20-13-4-3-10(6-14(13)21)12-9-18(24)22-15-7-11(8-16(23)19(12)15)17-2-1-5-25-17/h1-6,11-12H,7-9H2,(H,22,24)/t11-,12+/m0/s1. The number of carbonyl (C=O) groups is 2. The topological polar surface area (TPSA) is 46.2 Å². The van der Waals surface area contributed by atoms with Crippen LogP contribution in [-0.4, -0.2) is 11.7 Å². The third-order valence-electron chi connectivity index (χ3n) is 4.83. The Morgan fingerprint density at radius 3 is 2.60 bits per heavy atom. The van der Waals surface area contributed by atoms with Gasteiger partial charge in [-0.25, -0.2) is 0 Å². The van der Waals surface area contributed by atoms with E-state index < -0.39 is 0 Å². The smallest absolute Gasteiger partial charge is 0.225 e. The number of allylic oxidation sites excluding steroid dienone is 2. The Balaban J connectivity index is 1.74. The molecule has 1 N–H and O–H groups in total. The van der Waals surface area contributed by atoms with Crippen molar-refractivity contribution < 1.29 is 9.59 Å². The molecule has 1 amide bonds. The summed E-state index contributed by atoms with van der Waals surface area (Å²) in [6.07, 6.45) is 1.42. The van der Waals surface area contributed by atoms with Crippen LogP contribution >= 0.6 is 34.5 Å². The van der Waals surface area contributed by atoms with Gasteiger partial charge in [0.15, 0.2) is 5.78 Å². The van der Waals surface area contributed by atoms with Crippen molar-refractivity contribution >= 4 is 46.2 Å². The van der Waals surface area contributed by atoms with Crippen LogP contribution in [0.15, 0.2) is 47.0 Å². The maximum Gasteiger partial charge on any atom is 0.225 e. The Kier molecular flexibility index (Phi) is 4.44. The van der Waals surface area contributed by atoms with Gasteiger partial charge in [-0.05, 0) is 35.6 Å². The molecular weight excluding hydrogens is 377 g/mol. The van der Waals surface area contributed by atoms with Gasteiger partial charge in [-0.2, -0.15) is 0 Å². The van der Waals surface area contributed by atoms with E-state index in [1.54, 1.807) is 23.5 Å². The number of Topliss-reactive ketones (excluding diaryl/α,β-unsaturated/α-hetero) is 1. The highest BCUT2D eigenvalue weighted by molar-refractivity contribution is 7.10. The zero-order valence-electron chi connectivity index (χ0n) is 13.2. The van der Waals surface area contributed by atoms with Gasteiger partial charge < -0.3 is 5.32 Å². The molecule has 2 aromatic rings. The molecule has 0 unspecified atom stereocenters. The summed E-state index contributed by atoms with van der Waals surface area (Å²) < 4.78 is 0. The van der Waals surface area contributed by atoms with Gasteiger partial charge in [-0.1, -0.05) is 35.3 Å². The summed E-state index contributed by atoms with van der Waals surface area (Å²) in [5.41, 5.74) is 2.35. The molecule has 0 bridgehead atoms. The molecule has 0 saturated heterocycles. The Hall–Kier alpha value is -1.62. The second kappa shape index (κ2) is 6.60. The minimum atomic E-state index is -0.254. The first kappa shape index (κ1) is 16.8. The maximum absolute atomic E-state index is 12.9. The summed E-state index contributed by atoms with van der Waals surface area (Å²) in [5.74, 6) is -0.0698. The van der Waals surface area contributed by atoms with Gasteiger partial charge in [0.25, 0.3) is 0 Å². The minimum absolute atomic E-state index is 0.0607. The Morgan fingerprint density at radius 2 is 1.88 bits per heavy atom. The van der Waals surface area contributed by atoms with E-state index >= 15 is 0 Å². The number of hydrogen-bond acceptors (Lipinski definition) is 3. The molecule has 2 atom stereocenters. The summed E-state index contributed by atoms with van der Waals surface area (Å²) in [7, 11) is 0. The Morgan fingerprint density at radius 1 is 1.04 bits per heavy atom. The van der Waals surface area contributed by atoms with Gasteiger partial charge in [-0.15, -0.1) is 11.3 Å². The molecule has 1 aromatic carbocycles. The average molecular weight is 392 g/mol. The van der Waals surface area contributed by atoms with Gasteiger partial charge in [0.1, 0.15) is 0 Å². The molecule has 2 heterocycles. The molecular formula is C19H15Cl2NO2S. The van der Waals surface area contributed by atoms with Crippen LogP contribution in [0.1, 0.15) is 41.5 Å². The van der Waals surface area contributed by atoms with E-state index in [2.05, 4.69) is 11.4 Å². The monoisotopic (exact) mass is 391 g/mol. The quantitative estimate of drug-likeness (QED) is 0.777. The predicted molar refractivity (Wildman–Crippen MR) is 100 cm³/mol. The van der Waals surface area contributed by atoms with E-state index in [1.165, 1.54) is 4.88 Å². The van der Waals surface area contributed by atoms with Crippen LogP contribution in [0, 0.1) is 0 Å². The zero-order chi connectivity index (χ0) is 17.6. The predicted octanol–water partition coefficient (Wildman–Crippen LogP) is 5.06. The lowest BCUT2D eigenvalue weighted by atomic mass is 9.75. The number of carbonyl (C=O) groups excluding carboxylic acids is 2. The molecule has 6 heteroatoms. The van der Waals surface area contributed by atoms with Crippen molar-refractivity contribution in [3.8, 4) is 0 Å². The third kappa shape index (κ3) is 3.14. The molecule has 1 aliphatic carbocycles. The van der Waals surface area contributed by atoms with Crippen molar-refractivity contribution in [2.24, 2.45) is 0 Å². The van der Waals surface area contributed by atoms with Crippen molar-refractivity contribution in [2.75, 3.05) is 0 Å². The second-order valence-corrected chi connectivity index (χ2v) is 8.21. The molecule has 3 nitrogen and oxygen atoms in total. The molecule has 0 spiro atoms. The number of hydrogen-bond donors (Lipinski definition) is 1. The van der Waals surface area contributed by atoms with E-state index in [0.29, 0.717) is 22.9 Å². The maximum atomic E-state index is 12.9. The Labute approximate surface area is 159 Å². The first-order valence-corrected chi connectivity index (χ1v) is 9.71. The molecule has 1 aromatic heterocycles. The lowest BCUT2D eigenvalue weighted by Crippen LogP contribution is -2.38. The average Bonchev–Trinajstić information content (AvgIpc) is 3.10. The van der Waals surface area contributed by atoms with Gasteiger partial charge in [0.2, 0.25) is 5.91 Å². The summed E-state index contributed by atoms with van der Waals surface area (Å²) in [5, 5.41) is 5.85. The second-order valence-electron chi connectivity index (χ2n) is 6.41. The zero-order valence-corrected chi connectivity index (χ0v) is 15.5. The fraction of sp³-hybridized carbons (Fsp3) is 0.263. The number of benzene rings is 1. The van der Waals surface area contributed by atoms with Crippen LogP contribution < -0.4 is 5.32 Å². The van der Waals surface area contributed by atoms with E-state index in [-0.39, 0.29) is 29.9 Å². The van der Waals surface area contributed by atoms with Gasteiger partial charge >= 0.3 is 0 Å². The lowest BCUT2D eigenvalue weighted by Gasteiger charge is -2.34. The van der Waals surface area contributed by atoms with E-state index in [1.807, 2.05) is 17.5 Å². The van der Waals surface area contributed by atoms with Crippen LogP contribution in [0.4, 0.5) is 0 Å². The fourth-order valence-electron chi connectivity index (χ4n) is 3.70. The highest BCUT2D eigenvalue weighted by atomic mass is 35.5. The number of thiophene rings is 1. The van der Waals surface area contributed by atoms with Crippen LogP contribution in [0.5, 0.6) is 0 Å². The number of ketones is 1. The van der Waals surface area contributed by atoms with Crippen LogP contribution in [0.2, 0.25) is 10.0 Å². The van der Waals surface area contributed by atoms with E-state index in [9.17, 15) is 9.59 Å². The first-order chi connectivity index (χ1) is 12.0. The van der Waals surface area contributed by atoms with Gasteiger partial charge in [0, 0.05) is 40.8 Å². The highest BCUT2D eigenvalue weighted by Crippen LogP contribution is 2.44. The van der Waals surface area contributed by atoms with Crippen LogP contribution in [0.25, 0.3) is 0 Å². The molecule has 0 fully saturated rings. The summed E-state index contributed by atoms with van der Waals surface area (Å²) in [6.45, 7) is 0. The summed E-state index contributed by atoms with van der Waals surface area (Å²) in [6, 6.07) is 9.37. The highest BCUT2D eigenvalue weighted by Gasteiger charge is 2.38. The molecule has 2 aliphatic rings. The lowest BCUT2D eigenvalue weighted by molar-refractivity contribution is -0.122. The van der Waals surface area contributed by atoms with E-state index in [0.717, 1.165) is 16.8 Å². The van der Waals surface area contributed by atoms with Crippen LogP contribution in [0.3, 0.4) is 0 Å². The van der Waals surface area contributed by atoms with Crippen molar-refractivity contribution in [1.82, 2.24) is 5.32 Å². The molecule has 25 heavy (non-hydrogen) atoms. The summed E-state index contributed by atoms with van der Waals surface area (Å²) >= 11 is 13.8. The number of amides is 1. The van der Waals surface area contributed by atoms with E-state index in [4.69, 9.17) is 23.2 Å². The number of halogens is 2.